The molecule has 4 nitrogen and oxygen atoms in total. The highest BCUT2D eigenvalue weighted by molar-refractivity contribution is 9.10. The summed E-state index contributed by atoms with van der Waals surface area (Å²) in [5.41, 5.74) is 0.451. The lowest BCUT2D eigenvalue weighted by Gasteiger charge is -2.37. The number of hydrogen-bond acceptors (Lipinski definition) is 3. The number of piperidine rings is 1. The molecule has 128 valence electrons. The van der Waals surface area contributed by atoms with Gasteiger partial charge in [0.1, 0.15) is 5.60 Å². The third kappa shape index (κ3) is 5.37. The van der Waals surface area contributed by atoms with Crippen molar-refractivity contribution in [1.29, 1.82) is 0 Å². The summed E-state index contributed by atoms with van der Waals surface area (Å²) < 4.78 is 6.38. The smallest absolute Gasteiger partial charge is 0.410 e. The van der Waals surface area contributed by atoms with Crippen LogP contribution < -0.4 is 0 Å². The first-order valence-electron chi connectivity index (χ1n) is 7.75. The molecule has 1 N–H and O–H groups in total. The van der Waals surface area contributed by atoms with Crippen LogP contribution in [0.25, 0.3) is 0 Å². The number of aliphatic hydroxyl groups excluding tert-OH is 1. The topological polar surface area (TPSA) is 49.8 Å². The number of carbonyl (C=O) groups is 1. The maximum absolute atomic E-state index is 12.2. The first-order valence-corrected chi connectivity index (χ1v) is 8.93. The Kier molecular flexibility index (Phi) is 5.98. The fourth-order valence-electron chi connectivity index (χ4n) is 2.69. The molecule has 1 heterocycles. The summed E-state index contributed by atoms with van der Waals surface area (Å²) in [5, 5.41) is 11.0. The van der Waals surface area contributed by atoms with Gasteiger partial charge in [0.2, 0.25) is 0 Å². The molecule has 0 unspecified atom stereocenters. The Morgan fingerprint density at radius 3 is 2.83 bits per heavy atom. The predicted octanol–water partition coefficient (Wildman–Crippen LogP) is 4.26. The minimum atomic E-state index is -0.518. The molecule has 1 aliphatic heterocycles. The van der Waals surface area contributed by atoms with Crippen LogP contribution >= 0.6 is 27.5 Å². The van der Waals surface area contributed by atoms with Crippen LogP contribution in [0.2, 0.25) is 5.02 Å². The fourth-order valence-corrected chi connectivity index (χ4v) is 3.30. The highest BCUT2D eigenvalue weighted by atomic mass is 79.9. The molecule has 6 heteroatoms. The first kappa shape index (κ1) is 18.6. The quantitative estimate of drug-likeness (QED) is 0.801. The summed E-state index contributed by atoms with van der Waals surface area (Å²) in [6.45, 7) is 6.53. The Bertz CT molecular complexity index is 573. The van der Waals surface area contributed by atoms with E-state index < -0.39 is 11.7 Å². The van der Waals surface area contributed by atoms with Crippen molar-refractivity contribution in [1.82, 2.24) is 4.90 Å². The summed E-state index contributed by atoms with van der Waals surface area (Å²) in [6, 6.07) is 5.68. The Morgan fingerprint density at radius 2 is 2.17 bits per heavy atom. The molecule has 0 saturated carbocycles. The second-order valence-corrected chi connectivity index (χ2v) is 8.31. The van der Waals surface area contributed by atoms with Gasteiger partial charge in [-0.05, 0) is 57.4 Å². The lowest BCUT2D eigenvalue weighted by atomic mass is 9.89. The summed E-state index contributed by atoms with van der Waals surface area (Å²) in [4.78, 5) is 13.9. The van der Waals surface area contributed by atoms with Gasteiger partial charge in [0.15, 0.2) is 0 Å². The normalized spacial score (nSPS) is 22.1. The maximum Gasteiger partial charge on any atom is 0.410 e. The molecule has 1 aromatic carbocycles. The molecule has 1 amide bonds. The zero-order valence-electron chi connectivity index (χ0n) is 13.7. The van der Waals surface area contributed by atoms with Gasteiger partial charge in [-0.1, -0.05) is 27.5 Å². The Balaban J connectivity index is 2.06. The third-order valence-corrected chi connectivity index (χ3v) is 4.70. The third-order valence-electron chi connectivity index (χ3n) is 3.84. The largest absolute Gasteiger partial charge is 0.444 e. The molecule has 0 aliphatic carbocycles. The monoisotopic (exact) mass is 403 g/mol. The van der Waals surface area contributed by atoms with Crippen LogP contribution in [-0.2, 0) is 11.2 Å². The van der Waals surface area contributed by atoms with Gasteiger partial charge in [-0.15, -0.1) is 0 Å². The number of carbonyl (C=O) groups excluding carboxylic acids is 1. The van der Waals surface area contributed by atoms with Crippen LogP contribution in [-0.4, -0.2) is 40.9 Å². The Labute approximate surface area is 150 Å². The van der Waals surface area contributed by atoms with Crippen LogP contribution in [0.15, 0.2) is 22.7 Å². The van der Waals surface area contributed by atoms with E-state index in [2.05, 4.69) is 15.9 Å². The van der Waals surface area contributed by atoms with Gasteiger partial charge in [0, 0.05) is 28.5 Å². The number of hydrogen-bond donors (Lipinski definition) is 1. The van der Waals surface area contributed by atoms with E-state index in [1.165, 1.54) is 0 Å². The van der Waals surface area contributed by atoms with Crippen LogP contribution in [0.1, 0.15) is 32.8 Å². The van der Waals surface area contributed by atoms with E-state index in [0.717, 1.165) is 10.0 Å². The minimum Gasteiger partial charge on any atom is -0.444 e. The molecular formula is C17H23BrClNO3. The number of ether oxygens (including phenoxy) is 1. The number of nitrogens with zero attached hydrogens (tertiary/aromatic N) is 1. The van der Waals surface area contributed by atoms with E-state index in [-0.39, 0.29) is 12.0 Å². The number of aliphatic hydroxyl groups is 1. The molecule has 0 spiro atoms. The summed E-state index contributed by atoms with van der Waals surface area (Å²) in [6.07, 6.45) is 0.410. The van der Waals surface area contributed by atoms with Crippen molar-refractivity contribution in [2.45, 2.75) is 45.3 Å². The van der Waals surface area contributed by atoms with Crippen molar-refractivity contribution in [3.8, 4) is 0 Å². The van der Waals surface area contributed by atoms with Gasteiger partial charge in [-0.25, -0.2) is 4.79 Å². The van der Waals surface area contributed by atoms with Gasteiger partial charge >= 0.3 is 6.09 Å². The molecule has 0 bridgehead atoms. The highest BCUT2D eigenvalue weighted by Crippen LogP contribution is 2.28. The average molecular weight is 405 g/mol. The van der Waals surface area contributed by atoms with E-state index in [9.17, 15) is 9.90 Å². The van der Waals surface area contributed by atoms with Crippen molar-refractivity contribution >= 4 is 33.6 Å². The highest BCUT2D eigenvalue weighted by Gasteiger charge is 2.32. The molecular weight excluding hydrogens is 382 g/mol. The maximum atomic E-state index is 12.2. The number of halogens is 2. The molecule has 2 atom stereocenters. The van der Waals surface area contributed by atoms with Crippen molar-refractivity contribution in [2.24, 2.45) is 5.92 Å². The second kappa shape index (κ2) is 7.41. The van der Waals surface area contributed by atoms with Crippen LogP contribution in [0.4, 0.5) is 4.79 Å². The van der Waals surface area contributed by atoms with Crippen molar-refractivity contribution < 1.29 is 14.6 Å². The SMILES string of the molecule is CC(C)(C)OC(=O)N1CC[C@H](O)[C@@H](Cc2cc(Br)ccc2Cl)C1. The van der Waals surface area contributed by atoms with Gasteiger partial charge in [-0.3, -0.25) is 0 Å². The molecule has 1 aliphatic rings. The van der Waals surface area contributed by atoms with E-state index in [1.807, 2.05) is 39.0 Å². The van der Waals surface area contributed by atoms with Crippen LogP contribution in [0.3, 0.4) is 0 Å². The molecule has 23 heavy (non-hydrogen) atoms. The van der Waals surface area contributed by atoms with Gasteiger partial charge < -0.3 is 14.7 Å². The molecule has 0 aromatic heterocycles. The molecule has 1 saturated heterocycles. The summed E-state index contributed by atoms with van der Waals surface area (Å²) in [7, 11) is 0. The van der Waals surface area contributed by atoms with E-state index in [4.69, 9.17) is 16.3 Å². The minimum absolute atomic E-state index is 0.0527. The molecule has 1 fully saturated rings. The Morgan fingerprint density at radius 1 is 1.48 bits per heavy atom. The number of rotatable bonds is 2. The van der Waals surface area contributed by atoms with Gasteiger partial charge in [-0.2, -0.15) is 0 Å². The number of amides is 1. The lowest BCUT2D eigenvalue weighted by molar-refractivity contribution is -0.00823. The fraction of sp³-hybridized carbons (Fsp3) is 0.588. The van der Waals surface area contributed by atoms with Crippen molar-refractivity contribution in [2.75, 3.05) is 13.1 Å². The lowest BCUT2D eigenvalue weighted by Crippen LogP contribution is -2.48. The van der Waals surface area contributed by atoms with Crippen LogP contribution in [0, 0.1) is 5.92 Å². The standard InChI is InChI=1S/C17H23BrClNO3/c1-17(2,3)23-16(22)20-7-6-15(21)12(10-20)8-11-9-13(18)4-5-14(11)19/h4-5,9,12,15,21H,6-8,10H2,1-3H3/t12-,15-/m0/s1. The predicted molar refractivity (Wildman–Crippen MR) is 94.8 cm³/mol. The second-order valence-electron chi connectivity index (χ2n) is 6.98. The zero-order valence-corrected chi connectivity index (χ0v) is 16.0. The number of benzene rings is 1. The van der Waals surface area contributed by atoms with Crippen molar-refractivity contribution in [3.05, 3.63) is 33.3 Å². The van der Waals surface area contributed by atoms with E-state index in [0.29, 0.717) is 31.0 Å². The Hall–Kier alpha value is -0.780. The van der Waals surface area contributed by atoms with Crippen molar-refractivity contribution in [3.63, 3.8) is 0 Å². The van der Waals surface area contributed by atoms with E-state index in [1.54, 1.807) is 4.90 Å². The molecule has 2 rings (SSSR count). The number of likely N-dealkylation sites (tertiary alicyclic amines) is 1. The average Bonchev–Trinajstić information content (AvgIpc) is 2.43. The summed E-state index contributed by atoms with van der Waals surface area (Å²) >= 11 is 9.68. The zero-order chi connectivity index (χ0) is 17.2. The first-order chi connectivity index (χ1) is 10.7. The van der Waals surface area contributed by atoms with E-state index >= 15 is 0 Å². The molecule has 0 radical (unpaired) electrons. The molecule has 1 aromatic rings. The summed E-state index contributed by atoms with van der Waals surface area (Å²) in [5.74, 6) is -0.0527. The van der Waals surface area contributed by atoms with Gasteiger partial charge in [0.05, 0.1) is 6.10 Å². The van der Waals surface area contributed by atoms with Gasteiger partial charge in [0.25, 0.3) is 0 Å². The van der Waals surface area contributed by atoms with Crippen LogP contribution in [0.5, 0.6) is 0 Å².